The average molecular weight is 308 g/mol. The minimum absolute atomic E-state index is 0.0121. The lowest BCUT2D eigenvalue weighted by molar-refractivity contribution is -0.00182. The Morgan fingerprint density at radius 1 is 1.38 bits per heavy atom. The van der Waals surface area contributed by atoms with Crippen molar-refractivity contribution < 1.29 is 13.5 Å². The number of sulfonamides is 1. The Kier molecular flexibility index (Phi) is 4.67. The summed E-state index contributed by atoms with van der Waals surface area (Å²) in [5.74, 6) is 0.571. The van der Waals surface area contributed by atoms with E-state index in [9.17, 15) is 13.5 Å². The van der Waals surface area contributed by atoms with E-state index in [4.69, 9.17) is 5.26 Å². The Bertz CT molecular complexity index is 641. The van der Waals surface area contributed by atoms with Gasteiger partial charge in [0.25, 0.3) is 0 Å². The maximum atomic E-state index is 12.3. The summed E-state index contributed by atoms with van der Waals surface area (Å²) in [6.45, 7) is 2.12. The smallest absolute Gasteiger partial charge is 0.241 e. The predicted molar refractivity (Wildman–Crippen MR) is 78.9 cm³/mol. The van der Waals surface area contributed by atoms with Gasteiger partial charge in [0.05, 0.1) is 16.1 Å². The van der Waals surface area contributed by atoms with E-state index in [-0.39, 0.29) is 17.0 Å². The van der Waals surface area contributed by atoms with Gasteiger partial charge in [-0.25, -0.2) is 13.1 Å². The molecular formula is C15H20N2O3S. The number of nitrogens with one attached hydrogen (secondary N) is 1. The number of benzene rings is 1. The topological polar surface area (TPSA) is 90.2 Å². The molecule has 1 aliphatic rings. The van der Waals surface area contributed by atoms with Crippen LogP contribution in [0.3, 0.4) is 0 Å². The van der Waals surface area contributed by atoms with Crippen molar-refractivity contribution in [2.75, 3.05) is 6.54 Å². The Labute approximate surface area is 125 Å². The van der Waals surface area contributed by atoms with E-state index in [1.54, 1.807) is 12.1 Å². The second kappa shape index (κ2) is 6.14. The molecule has 1 fully saturated rings. The molecule has 5 nitrogen and oxygen atoms in total. The van der Waals surface area contributed by atoms with Gasteiger partial charge >= 0.3 is 0 Å². The van der Waals surface area contributed by atoms with Crippen LogP contribution in [0.5, 0.6) is 0 Å². The van der Waals surface area contributed by atoms with Crippen LogP contribution < -0.4 is 4.72 Å². The van der Waals surface area contributed by atoms with E-state index in [0.717, 1.165) is 12.8 Å². The Morgan fingerprint density at radius 2 is 2.00 bits per heavy atom. The summed E-state index contributed by atoms with van der Waals surface area (Å²) in [6.07, 6.45) is 2.98. The minimum atomic E-state index is -3.79. The molecule has 0 amide bonds. The fourth-order valence-electron chi connectivity index (χ4n) is 2.58. The predicted octanol–water partition coefficient (Wildman–Crippen LogP) is 1.78. The van der Waals surface area contributed by atoms with Gasteiger partial charge in [-0.1, -0.05) is 19.1 Å². The van der Waals surface area contributed by atoms with Gasteiger partial charge in [0.15, 0.2) is 0 Å². The van der Waals surface area contributed by atoms with Gasteiger partial charge in [0, 0.05) is 6.54 Å². The monoisotopic (exact) mass is 308 g/mol. The van der Waals surface area contributed by atoms with Crippen molar-refractivity contribution >= 4 is 10.0 Å². The molecule has 0 heterocycles. The molecule has 2 N–H and O–H groups in total. The summed E-state index contributed by atoms with van der Waals surface area (Å²) in [5.41, 5.74) is -0.879. The van der Waals surface area contributed by atoms with Crippen LogP contribution in [0.4, 0.5) is 0 Å². The average Bonchev–Trinajstić information content (AvgIpc) is 2.49. The summed E-state index contributed by atoms with van der Waals surface area (Å²) in [5, 5.41) is 19.4. The maximum absolute atomic E-state index is 12.3. The molecule has 0 aliphatic heterocycles. The molecule has 0 bridgehead atoms. The number of aliphatic hydroxyl groups is 1. The third-order valence-electron chi connectivity index (χ3n) is 4.09. The van der Waals surface area contributed by atoms with Gasteiger partial charge in [-0.15, -0.1) is 0 Å². The number of hydrogen-bond donors (Lipinski definition) is 2. The van der Waals surface area contributed by atoms with Gasteiger partial charge < -0.3 is 5.11 Å². The van der Waals surface area contributed by atoms with E-state index >= 15 is 0 Å². The van der Waals surface area contributed by atoms with Crippen LogP contribution in [-0.4, -0.2) is 25.7 Å². The zero-order chi connectivity index (χ0) is 15.5. The highest BCUT2D eigenvalue weighted by Crippen LogP contribution is 2.31. The van der Waals surface area contributed by atoms with Crippen molar-refractivity contribution in [2.45, 2.75) is 43.1 Å². The zero-order valence-electron chi connectivity index (χ0n) is 12.0. The summed E-state index contributed by atoms with van der Waals surface area (Å²) in [4.78, 5) is -0.0414. The van der Waals surface area contributed by atoms with E-state index in [1.165, 1.54) is 12.1 Å². The highest BCUT2D eigenvalue weighted by atomic mass is 32.2. The van der Waals surface area contributed by atoms with Crippen molar-refractivity contribution in [1.82, 2.24) is 4.72 Å². The Balaban J connectivity index is 2.10. The lowest BCUT2D eigenvalue weighted by atomic mass is 9.80. The zero-order valence-corrected chi connectivity index (χ0v) is 12.9. The van der Waals surface area contributed by atoms with Crippen molar-refractivity contribution in [2.24, 2.45) is 5.92 Å². The third kappa shape index (κ3) is 3.82. The number of nitriles is 1. The van der Waals surface area contributed by atoms with E-state index in [0.29, 0.717) is 18.8 Å². The largest absolute Gasteiger partial charge is 0.389 e. The van der Waals surface area contributed by atoms with Crippen LogP contribution in [0.1, 0.15) is 38.2 Å². The van der Waals surface area contributed by atoms with Crippen molar-refractivity contribution in [3.8, 4) is 6.07 Å². The van der Waals surface area contributed by atoms with Gasteiger partial charge in [0.2, 0.25) is 10.0 Å². The quantitative estimate of drug-likeness (QED) is 0.887. The van der Waals surface area contributed by atoms with E-state index in [2.05, 4.69) is 11.6 Å². The summed E-state index contributed by atoms with van der Waals surface area (Å²) < 4.78 is 27.0. The van der Waals surface area contributed by atoms with Crippen molar-refractivity contribution in [3.63, 3.8) is 0 Å². The molecule has 21 heavy (non-hydrogen) atoms. The molecule has 1 aromatic carbocycles. The van der Waals surface area contributed by atoms with Gasteiger partial charge in [0.1, 0.15) is 6.07 Å². The molecule has 1 aromatic rings. The normalized spacial score (nSPS) is 26.2. The first-order chi connectivity index (χ1) is 9.86. The molecule has 0 spiro atoms. The minimum Gasteiger partial charge on any atom is -0.389 e. The fraction of sp³-hybridized carbons (Fsp3) is 0.533. The number of nitrogens with zero attached hydrogens (tertiary/aromatic N) is 1. The molecule has 1 saturated carbocycles. The van der Waals surface area contributed by atoms with Crippen molar-refractivity contribution in [1.29, 1.82) is 5.26 Å². The van der Waals surface area contributed by atoms with Crippen LogP contribution in [0.15, 0.2) is 29.2 Å². The van der Waals surface area contributed by atoms with Crippen LogP contribution in [-0.2, 0) is 10.0 Å². The number of rotatable bonds is 4. The Morgan fingerprint density at radius 3 is 2.62 bits per heavy atom. The second-order valence-corrected chi connectivity index (χ2v) is 7.57. The highest BCUT2D eigenvalue weighted by Gasteiger charge is 2.33. The van der Waals surface area contributed by atoms with Crippen LogP contribution >= 0.6 is 0 Å². The standard InChI is InChI=1S/C15H20N2O3S/c1-12-6-8-15(18,9-7-12)11-17-21(19,20)14-5-3-2-4-13(14)10-16/h2-5,12,17-18H,6-9,11H2,1H3. The fourth-order valence-corrected chi connectivity index (χ4v) is 3.85. The molecule has 0 atom stereocenters. The van der Waals surface area contributed by atoms with Crippen LogP contribution in [0.2, 0.25) is 0 Å². The van der Waals surface area contributed by atoms with Crippen molar-refractivity contribution in [3.05, 3.63) is 29.8 Å². The molecule has 0 unspecified atom stereocenters. The molecule has 6 heteroatoms. The molecule has 0 aromatic heterocycles. The summed E-state index contributed by atoms with van der Waals surface area (Å²) >= 11 is 0. The summed E-state index contributed by atoms with van der Waals surface area (Å²) in [6, 6.07) is 7.93. The first-order valence-corrected chi connectivity index (χ1v) is 8.56. The first kappa shape index (κ1) is 16.0. The second-order valence-electron chi connectivity index (χ2n) is 5.84. The maximum Gasteiger partial charge on any atom is 0.241 e. The van der Waals surface area contributed by atoms with Gasteiger partial charge in [-0.3, -0.25) is 0 Å². The number of hydrogen-bond acceptors (Lipinski definition) is 4. The molecule has 2 rings (SSSR count). The SMILES string of the molecule is CC1CCC(O)(CNS(=O)(=O)c2ccccc2C#N)CC1. The molecule has 0 radical (unpaired) electrons. The molecule has 1 aliphatic carbocycles. The lowest BCUT2D eigenvalue weighted by Crippen LogP contribution is -2.45. The van der Waals surface area contributed by atoms with Crippen LogP contribution in [0.25, 0.3) is 0 Å². The third-order valence-corrected chi connectivity index (χ3v) is 5.55. The molecular weight excluding hydrogens is 288 g/mol. The van der Waals surface area contributed by atoms with E-state index in [1.807, 2.05) is 6.07 Å². The molecule has 114 valence electrons. The first-order valence-electron chi connectivity index (χ1n) is 7.07. The van der Waals surface area contributed by atoms with Gasteiger partial charge in [-0.05, 0) is 43.7 Å². The highest BCUT2D eigenvalue weighted by molar-refractivity contribution is 7.89. The van der Waals surface area contributed by atoms with Crippen LogP contribution in [0, 0.1) is 17.2 Å². The van der Waals surface area contributed by atoms with Gasteiger partial charge in [-0.2, -0.15) is 5.26 Å². The summed E-state index contributed by atoms with van der Waals surface area (Å²) in [7, 11) is -3.79. The lowest BCUT2D eigenvalue weighted by Gasteiger charge is -2.34. The molecule has 0 saturated heterocycles. The Hall–Kier alpha value is -1.42. The van der Waals surface area contributed by atoms with E-state index < -0.39 is 15.6 Å².